The number of nitrogens with zero attached hydrogens (tertiary/aromatic N) is 2. The normalized spacial score (nSPS) is 13.1. The van der Waals surface area contributed by atoms with Crippen LogP contribution in [0.25, 0.3) is 22.5 Å². The Kier molecular flexibility index (Phi) is 5.59. The highest BCUT2D eigenvalue weighted by atomic mass is 32.2. The maximum atomic E-state index is 13.0. The summed E-state index contributed by atoms with van der Waals surface area (Å²) in [5.41, 5.74) is 6.32. The van der Waals surface area contributed by atoms with E-state index in [0.29, 0.717) is 5.75 Å². The Morgan fingerprint density at radius 1 is 0.903 bits per heavy atom. The molecule has 5 heteroatoms. The molecule has 0 spiro atoms. The number of anilines is 1. The highest BCUT2D eigenvalue weighted by Crippen LogP contribution is 2.33. The summed E-state index contributed by atoms with van der Waals surface area (Å²) >= 11 is 1.46. The molecule has 5 rings (SSSR count). The van der Waals surface area contributed by atoms with Gasteiger partial charge < -0.3 is 9.88 Å². The standard InChI is InChI=1S/C26H23N3OS/c30-23(29-17-9-15-19-10-7-8-16-22(19)29)18-31-26-27-24(20-11-3-1-4-12-20)25(28-26)21-13-5-2-6-14-21/h1-8,10-14,16H,9,15,17-18H2,(H,27,28). The summed E-state index contributed by atoms with van der Waals surface area (Å²) in [6.45, 7) is 0.777. The van der Waals surface area contributed by atoms with Gasteiger partial charge in [0.25, 0.3) is 0 Å². The fraction of sp³-hybridized carbons (Fsp3) is 0.154. The number of benzene rings is 3. The second-order valence-electron chi connectivity index (χ2n) is 7.56. The average Bonchev–Trinajstić information content (AvgIpc) is 3.28. The average molecular weight is 426 g/mol. The minimum Gasteiger partial charge on any atom is -0.332 e. The molecule has 3 aromatic carbocycles. The molecule has 1 amide bonds. The van der Waals surface area contributed by atoms with Crippen molar-refractivity contribution < 1.29 is 4.79 Å². The first kappa shape index (κ1) is 19.6. The number of rotatable bonds is 5. The first-order valence-electron chi connectivity index (χ1n) is 10.5. The highest BCUT2D eigenvalue weighted by molar-refractivity contribution is 7.99. The van der Waals surface area contributed by atoms with E-state index in [1.54, 1.807) is 0 Å². The minimum atomic E-state index is 0.121. The maximum Gasteiger partial charge on any atom is 0.237 e. The Labute approximate surface area is 186 Å². The number of fused-ring (bicyclic) bond motifs is 1. The number of aromatic amines is 1. The van der Waals surface area contributed by atoms with Gasteiger partial charge in [-0.15, -0.1) is 0 Å². The summed E-state index contributed by atoms with van der Waals surface area (Å²) in [5.74, 6) is 0.473. The number of para-hydroxylation sites is 1. The molecule has 154 valence electrons. The maximum absolute atomic E-state index is 13.0. The number of thioether (sulfide) groups is 1. The van der Waals surface area contributed by atoms with E-state index in [2.05, 4.69) is 35.3 Å². The topological polar surface area (TPSA) is 49.0 Å². The number of H-pyrrole nitrogens is 1. The van der Waals surface area contributed by atoms with Gasteiger partial charge in [0, 0.05) is 23.4 Å². The summed E-state index contributed by atoms with van der Waals surface area (Å²) in [5, 5.41) is 0.761. The zero-order chi connectivity index (χ0) is 21.0. The Morgan fingerprint density at radius 3 is 2.35 bits per heavy atom. The number of carbonyl (C=O) groups excluding carboxylic acids is 1. The second-order valence-corrected chi connectivity index (χ2v) is 8.53. The van der Waals surface area contributed by atoms with Crippen LogP contribution < -0.4 is 4.90 Å². The Bertz CT molecular complexity index is 1130. The SMILES string of the molecule is O=C(CSc1nc(-c2ccccc2)c(-c2ccccc2)[nH]1)N1CCCc2ccccc21. The van der Waals surface area contributed by atoms with E-state index in [-0.39, 0.29) is 5.91 Å². The lowest BCUT2D eigenvalue weighted by atomic mass is 10.0. The third kappa shape index (κ3) is 4.14. The largest absolute Gasteiger partial charge is 0.332 e. The van der Waals surface area contributed by atoms with Crippen molar-refractivity contribution >= 4 is 23.4 Å². The van der Waals surface area contributed by atoms with Crippen LogP contribution in [-0.4, -0.2) is 28.2 Å². The Morgan fingerprint density at radius 2 is 1.58 bits per heavy atom. The first-order valence-corrected chi connectivity index (χ1v) is 11.5. The van der Waals surface area contributed by atoms with Crippen LogP contribution in [0.5, 0.6) is 0 Å². The van der Waals surface area contributed by atoms with Crippen LogP contribution in [0.1, 0.15) is 12.0 Å². The molecule has 1 aliphatic rings. The number of imidazole rings is 1. The number of nitrogens with one attached hydrogen (secondary N) is 1. The molecule has 0 aliphatic carbocycles. The van der Waals surface area contributed by atoms with Gasteiger partial charge in [-0.25, -0.2) is 4.98 Å². The number of aromatic nitrogens is 2. The van der Waals surface area contributed by atoms with Crippen molar-refractivity contribution in [3.63, 3.8) is 0 Å². The summed E-state index contributed by atoms with van der Waals surface area (Å²) in [7, 11) is 0. The minimum absolute atomic E-state index is 0.121. The van der Waals surface area contributed by atoms with Gasteiger partial charge in [-0.1, -0.05) is 90.6 Å². The molecular formula is C26H23N3OS. The van der Waals surface area contributed by atoms with E-state index in [9.17, 15) is 4.79 Å². The van der Waals surface area contributed by atoms with Gasteiger partial charge in [-0.2, -0.15) is 0 Å². The van der Waals surface area contributed by atoms with Crippen molar-refractivity contribution in [1.29, 1.82) is 0 Å². The lowest BCUT2D eigenvalue weighted by Crippen LogP contribution is -2.36. The van der Waals surface area contributed by atoms with Gasteiger partial charge in [0.2, 0.25) is 5.91 Å². The first-order chi connectivity index (χ1) is 15.3. The monoisotopic (exact) mass is 425 g/mol. The molecular weight excluding hydrogens is 402 g/mol. The molecule has 4 nitrogen and oxygen atoms in total. The third-order valence-electron chi connectivity index (χ3n) is 5.54. The van der Waals surface area contributed by atoms with Crippen molar-refractivity contribution in [1.82, 2.24) is 9.97 Å². The number of aryl methyl sites for hydroxylation is 1. The molecule has 31 heavy (non-hydrogen) atoms. The molecule has 4 aromatic rings. The molecule has 0 fully saturated rings. The zero-order valence-electron chi connectivity index (χ0n) is 17.1. The smallest absolute Gasteiger partial charge is 0.237 e. The van der Waals surface area contributed by atoms with E-state index in [0.717, 1.165) is 52.7 Å². The third-order valence-corrected chi connectivity index (χ3v) is 6.39. The Balaban J connectivity index is 1.39. The summed E-state index contributed by atoms with van der Waals surface area (Å²) < 4.78 is 0. The van der Waals surface area contributed by atoms with E-state index >= 15 is 0 Å². The number of hydrogen-bond acceptors (Lipinski definition) is 3. The molecule has 0 unspecified atom stereocenters. The number of hydrogen-bond donors (Lipinski definition) is 1. The van der Waals surface area contributed by atoms with Crippen molar-refractivity contribution in [2.24, 2.45) is 0 Å². The highest BCUT2D eigenvalue weighted by Gasteiger charge is 2.23. The van der Waals surface area contributed by atoms with Gasteiger partial charge in [0.15, 0.2) is 5.16 Å². The van der Waals surface area contributed by atoms with E-state index < -0.39 is 0 Å². The molecule has 0 saturated heterocycles. The lowest BCUT2D eigenvalue weighted by molar-refractivity contribution is -0.116. The molecule has 0 radical (unpaired) electrons. The summed E-state index contributed by atoms with van der Waals surface area (Å²) in [4.78, 5) is 23.3. The summed E-state index contributed by atoms with van der Waals surface area (Å²) in [6, 6.07) is 28.6. The van der Waals surface area contributed by atoms with E-state index in [1.807, 2.05) is 59.5 Å². The van der Waals surface area contributed by atoms with E-state index in [1.165, 1.54) is 17.3 Å². The predicted octanol–water partition coefficient (Wildman–Crippen LogP) is 5.82. The van der Waals surface area contributed by atoms with Crippen LogP contribution >= 0.6 is 11.8 Å². The molecule has 1 N–H and O–H groups in total. The van der Waals surface area contributed by atoms with Crippen LogP contribution in [0.4, 0.5) is 5.69 Å². The number of amides is 1. The van der Waals surface area contributed by atoms with E-state index in [4.69, 9.17) is 4.98 Å². The van der Waals surface area contributed by atoms with Crippen LogP contribution in [0.15, 0.2) is 90.1 Å². The van der Waals surface area contributed by atoms with Crippen molar-refractivity contribution in [3.05, 3.63) is 90.5 Å². The van der Waals surface area contributed by atoms with Gasteiger partial charge in [-0.05, 0) is 24.5 Å². The second kappa shape index (κ2) is 8.82. The van der Waals surface area contributed by atoms with Crippen molar-refractivity contribution in [2.75, 3.05) is 17.2 Å². The van der Waals surface area contributed by atoms with Crippen LogP contribution in [0, 0.1) is 0 Å². The van der Waals surface area contributed by atoms with Crippen molar-refractivity contribution in [2.45, 2.75) is 18.0 Å². The van der Waals surface area contributed by atoms with Gasteiger partial charge in [0.1, 0.15) is 0 Å². The quantitative estimate of drug-likeness (QED) is 0.410. The molecule has 0 bridgehead atoms. The fourth-order valence-electron chi connectivity index (χ4n) is 4.04. The molecule has 0 saturated carbocycles. The zero-order valence-corrected chi connectivity index (χ0v) is 17.9. The van der Waals surface area contributed by atoms with Crippen LogP contribution in [0.2, 0.25) is 0 Å². The Hall–Kier alpha value is -3.31. The van der Waals surface area contributed by atoms with Gasteiger partial charge in [0.05, 0.1) is 17.1 Å². The van der Waals surface area contributed by atoms with Gasteiger partial charge in [-0.3, -0.25) is 4.79 Å². The summed E-state index contributed by atoms with van der Waals surface area (Å²) in [6.07, 6.45) is 2.04. The molecule has 1 aromatic heterocycles. The molecule has 0 atom stereocenters. The fourth-order valence-corrected chi connectivity index (χ4v) is 4.79. The van der Waals surface area contributed by atoms with Crippen molar-refractivity contribution in [3.8, 4) is 22.5 Å². The predicted molar refractivity (Wildman–Crippen MR) is 127 cm³/mol. The number of carbonyl (C=O) groups is 1. The lowest BCUT2D eigenvalue weighted by Gasteiger charge is -2.29. The van der Waals surface area contributed by atoms with Gasteiger partial charge >= 0.3 is 0 Å². The van der Waals surface area contributed by atoms with Crippen LogP contribution in [0.3, 0.4) is 0 Å². The molecule has 1 aliphatic heterocycles. The van der Waals surface area contributed by atoms with Crippen LogP contribution in [-0.2, 0) is 11.2 Å². The molecule has 2 heterocycles.